The van der Waals surface area contributed by atoms with Crippen molar-refractivity contribution in [3.8, 4) is 0 Å². The van der Waals surface area contributed by atoms with Gasteiger partial charge >= 0.3 is 0 Å². The quantitative estimate of drug-likeness (QED) is 0.801. The molecule has 0 spiro atoms. The van der Waals surface area contributed by atoms with E-state index in [2.05, 4.69) is 4.98 Å². The molecule has 4 aliphatic rings. The van der Waals surface area contributed by atoms with Crippen LogP contribution in [0.15, 0.2) is 24.5 Å². The summed E-state index contributed by atoms with van der Waals surface area (Å²) in [5.41, 5.74) is 0.616. The number of pyridine rings is 1. The van der Waals surface area contributed by atoms with Gasteiger partial charge in [0.05, 0.1) is 0 Å². The number of carbonyl (C=O) groups excluding carboxylic acids is 1. The Morgan fingerprint density at radius 3 is 2.48 bits per heavy atom. The van der Waals surface area contributed by atoms with E-state index in [9.17, 15) is 13.2 Å². The lowest BCUT2D eigenvalue weighted by atomic mass is 9.97. The topological polar surface area (TPSA) is 73.8 Å². The molecule has 7 nitrogen and oxygen atoms in total. The molecule has 0 N–H and O–H groups in total. The summed E-state index contributed by atoms with van der Waals surface area (Å²) in [6.45, 7) is 2.88. The molecule has 5 heterocycles. The Morgan fingerprint density at radius 2 is 1.76 bits per heavy atom. The number of hydrogen-bond acceptors (Lipinski definition) is 4. The third kappa shape index (κ3) is 3.18. The number of hydrogen-bond donors (Lipinski definition) is 0. The maximum absolute atomic E-state index is 13.0. The van der Waals surface area contributed by atoms with Crippen LogP contribution in [0.25, 0.3) is 0 Å². The molecule has 2 atom stereocenters. The molecular weight excluding hydrogens is 340 g/mol. The fourth-order valence-electron chi connectivity index (χ4n) is 4.23. The number of piperidine rings is 1. The van der Waals surface area contributed by atoms with Gasteiger partial charge in [0.1, 0.15) is 0 Å². The minimum absolute atomic E-state index is 0.0280. The SMILES string of the molecule is O=C(c1ccncc1)N1C[C@@H]2CC[C@H](C1)N(S(=O)(=O)N1CCCC1)C2. The van der Waals surface area contributed by atoms with Crippen LogP contribution in [0.1, 0.15) is 36.0 Å². The van der Waals surface area contributed by atoms with Gasteiger partial charge in [0, 0.05) is 56.7 Å². The van der Waals surface area contributed by atoms with Crippen LogP contribution in [0.3, 0.4) is 0 Å². The Morgan fingerprint density at radius 1 is 1.04 bits per heavy atom. The van der Waals surface area contributed by atoms with Crippen LogP contribution in [0.4, 0.5) is 0 Å². The normalized spacial score (nSPS) is 28.2. The van der Waals surface area contributed by atoms with Crippen molar-refractivity contribution in [3.63, 3.8) is 0 Å². The van der Waals surface area contributed by atoms with E-state index in [0.717, 1.165) is 25.7 Å². The number of amides is 1. The van der Waals surface area contributed by atoms with Crippen molar-refractivity contribution in [2.24, 2.45) is 5.92 Å². The zero-order chi connectivity index (χ0) is 17.4. The van der Waals surface area contributed by atoms with Gasteiger partial charge in [0.15, 0.2) is 0 Å². The largest absolute Gasteiger partial charge is 0.337 e. The summed E-state index contributed by atoms with van der Waals surface area (Å²) in [5, 5.41) is 0. The van der Waals surface area contributed by atoms with Crippen LogP contribution in [0.5, 0.6) is 0 Å². The summed E-state index contributed by atoms with van der Waals surface area (Å²) >= 11 is 0. The third-order valence-electron chi connectivity index (χ3n) is 5.57. The Kier molecular flexibility index (Phi) is 4.51. The second-order valence-corrected chi connectivity index (χ2v) is 9.11. The molecule has 2 bridgehead atoms. The zero-order valence-electron chi connectivity index (χ0n) is 14.2. The summed E-state index contributed by atoms with van der Waals surface area (Å²) in [6.07, 6.45) is 6.92. The van der Waals surface area contributed by atoms with Crippen LogP contribution in [-0.2, 0) is 10.2 Å². The van der Waals surface area contributed by atoms with Crippen LogP contribution in [0.2, 0.25) is 0 Å². The van der Waals surface area contributed by atoms with Gasteiger partial charge < -0.3 is 4.90 Å². The number of fused-ring (bicyclic) bond motifs is 4. The molecular formula is C17H24N4O3S. The summed E-state index contributed by atoms with van der Waals surface area (Å²) in [7, 11) is -3.41. The van der Waals surface area contributed by atoms with E-state index in [4.69, 9.17) is 0 Å². The predicted octanol–water partition coefficient (Wildman–Crippen LogP) is 0.959. The van der Waals surface area contributed by atoms with Gasteiger partial charge in [-0.3, -0.25) is 9.78 Å². The van der Waals surface area contributed by atoms with Crippen molar-refractivity contribution in [2.45, 2.75) is 31.7 Å². The molecule has 4 aliphatic heterocycles. The van der Waals surface area contributed by atoms with Crippen molar-refractivity contribution in [2.75, 3.05) is 32.7 Å². The summed E-state index contributed by atoms with van der Waals surface area (Å²) in [5.74, 6) is 0.182. The highest BCUT2D eigenvalue weighted by molar-refractivity contribution is 7.86. The minimum atomic E-state index is -3.41. The van der Waals surface area contributed by atoms with Gasteiger partial charge in [0.2, 0.25) is 0 Å². The highest BCUT2D eigenvalue weighted by Gasteiger charge is 2.44. The first-order valence-electron chi connectivity index (χ1n) is 9.02. The van der Waals surface area contributed by atoms with E-state index in [-0.39, 0.29) is 17.9 Å². The van der Waals surface area contributed by atoms with Crippen molar-refractivity contribution in [3.05, 3.63) is 30.1 Å². The van der Waals surface area contributed by atoms with Crippen molar-refractivity contribution >= 4 is 16.1 Å². The molecule has 1 aromatic heterocycles. The first-order chi connectivity index (χ1) is 12.1. The smallest absolute Gasteiger partial charge is 0.282 e. The van der Waals surface area contributed by atoms with Crippen molar-refractivity contribution < 1.29 is 13.2 Å². The summed E-state index contributed by atoms with van der Waals surface area (Å²) in [6, 6.07) is 3.32. The van der Waals surface area contributed by atoms with Gasteiger partial charge in [-0.2, -0.15) is 17.0 Å². The van der Waals surface area contributed by atoms with Crippen LogP contribution in [0, 0.1) is 5.92 Å². The van der Waals surface area contributed by atoms with Crippen LogP contribution >= 0.6 is 0 Å². The lowest BCUT2D eigenvalue weighted by Gasteiger charge is -2.37. The van der Waals surface area contributed by atoms with Gasteiger partial charge in [-0.1, -0.05) is 0 Å². The molecule has 5 rings (SSSR count). The number of nitrogens with zero attached hydrogens (tertiary/aromatic N) is 4. The average molecular weight is 364 g/mol. The van der Waals surface area contributed by atoms with Crippen molar-refractivity contribution in [1.29, 1.82) is 0 Å². The van der Waals surface area contributed by atoms with E-state index in [1.165, 1.54) is 0 Å². The Labute approximate surface area is 148 Å². The lowest BCUT2D eigenvalue weighted by Crippen LogP contribution is -2.52. The standard InChI is InChI=1S/C17H24N4O3S/c22-17(15-5-7-18-8-6-15)19-11-14-3-4-16(13-19)21(12-14)25(23,24)20-9-1-2-10-20/h5-8,14,16H,1-4,9-13H2/t14-,16+/m0/s1. The molecule has 136 valence electrons. The molecule has 25 heavy (non-hydrogen) atoms. The third-order valence-corrected chi connectivity index (χ3v) is 7.62. The van der Waals surface area contributed by atoms with E-state index >= 15 is 0 Å². The summed E-state index contributed by atoms with van der Waals surface area (Å²) in [4.78, 5) is 18.6. The molecule has 0 unspecified atom stereocenters. The molecule has 0 saturated carbocycles. The molecule has 8 heteroatoms. The van der Waals surface area contributed by atoms with E-state index in [0.29, 0.717) is 38.3 Å². The molecule has 0 aromatic carbocycles. The molecule has 4 saturated heterocycles. The molecule has 0 radical (unpaired) electrons. The molecule has 4 fully saturated rings. The number of carbonyl (C=O) groups is 1. The Hall–Kier alpha value is -1.51. The fourth-order valence-corrected chi connectivity index (χ4v) is 6.20. The highest BCUT2D eigenvalue weighted by atomic mass is 32.2. The number of aromatic nitrogens is 1. The molecule has 1 aromatic rings. The fraction of sp³-hybridized carbons (Fsp3) is 0.647. The first-order valence-corrected chi connectivity index (χ1v) is 10.4. The first kappa shape index (κ1) is 16.9. The Bertz CT molecular complexity index is 734. The zero-order valence-corrected chi connectivity index (χ0v) is 15.1. The van der Waals surface area contributed by atoms with Crippen molar-refractivity contribution in [1.82, 2.24) is 18.5 Å². The van der Waals surface area contributed by atoms with Gasteiger partial charge in [0.25, 0.3) is 16.1 Å². The second-order valence-electron chi connectivity index (χ2n) is 7.23. The van der Waals surface area contributed by atoms with Crippen LogP contribution < -0.4 is 0 Å². The highest BCUT2D eigenvalue weighted by Crippen LogP contribution is 2.32. The van der Waals surface area contributed by atoms with E-state index < -0.39 is 10.2 Å². The number of rotatable bonds is 3. The van der Waals surface area contributed by atoms with E-state index in [1.807, 2.05) is 4.90 Å². The summed E-state index contributed by atoms with van der Waals surface area (Å²) < 4.78 is 29.3. The lowest BCUT2D eigenvalue weighted by molar-refractivity contribution is 0.0745. The van der Waals surface area contributed by atoms with Crippen LogP contribution in [-0.4, -0.2) is 71.6 Å². The second kappa shape index (κ2) is 6.66. The average Bonchev–Trinajstić information content (AvgIpc) is 3.03. The maximum Gasteiger partial charge on any atom is 0.282 e. The maximum atomic E-state index is 13.0. The van der Waals surface area contributed by atoms with E-state index in [1.54, 1.807) is 33.1 Å². The predicted molar refractivity (Wildman–Crippen MR) is 93.1 cm³/mol. The molecule has 1 amide bonds. The minimum Gasteiger partial charge on any atom is -0.337 e. The monoisotopic (exact) mass is 364 g/mol. The Balaban J connectivity index is 1.55. The molecule has 0 aliphatic carbocycles. The van der Waals surface area contributed by atoms with Gasteiger partial charge in [-0.15, -0.1) is 0 Å². The van der Waals surface area contributed by atoms with Gasteiger partial charge in [-0.05, 0) is 43.7 Å². The van der Waals surface area contributed by atoms with Gasteiger partial charge in [-0.25, -0.2) is 0 Å².